The van der Waals surface area contributed by atoms with Crippen molar-refractivity contribution >= 4 is 10.0 Å². The molecular weight excluding hydrogens is 256 g/mol. The number of aliphatic hydroxyl groups excluding tert-OH is 1. The van der Waals surface area contributed by atoms with Gasteiger partial charge in [0.2, 0.25) is 0 Å². The minimum Gasteiger partial charge on any atom is -0.395 e. The lowest BCUT2D eigenvalue weighted by atomic mass is 10.2. The quantitative estimate of drug-likeness (QED) is 0.627. The highest BCUT2D eigenvalue weighted by molar-refractivity contribution is 7.89. The summed E-state index contributed by atoms with van der Waals surface area (Å²) in [5.41, 5.74) is 0. The molecule has 2 heterocycles. The third-order valence-corrected chi connectivity index (χ3v) is 4.82. The van der Waals surface area contributed by atoms with E-state index < -0.39 is 10.0 Å². The minimum atomic E-state index is -3.59. The van der Waals surface area contributed by atoms with Crippen LogP contribution in [0.1, 0.15) is 12.8 Å². The summed E-state index contributed by atoms with van der Waals surface area (Å²) in [5.74, 6) is 0. The predicted octanol–water partition coefficient (Wildman–Crippen LogP) is -0.855. The van der Waals surface area contributed by atoms with Crippen molar-refractivity contribution in [3.05, 3.63) is 12.5 Å². The highest BCUT2D eigenvalue weighted by Crippen LogP contribution is 2.15. The lowest BCUT2D eigenvalue weighted by Gasteiger charge is -2.23. The second-order valence-electron chi connectivity index (χ2n) is 4.30. The van der Waals surface area contributed by atoms with E-state index in [1.807, 2.05) is 0 Å². The maximum atomic E-state index is 12.3. The van der Waals surface area contributed by atoms with Crippen LogP contribution in [-0.2, 0) is 10.0 Å². The van der Waals surface area contributed by atoms with Gasteiger partial charge in [0.25, 0.3) is 10.0 Å². The van der Waals surface area contributed by atoms with Gasteiger partial charge in [0, 0.05) is 19.1 Å². The fraction of sp³-hybridized carbons (Fsp3) is 0.700. The van der Waals surface area contributed by atoms with Gasteiger partial charge >= 0.3 is 0 Å². The zero-order valence-electron chi connectivity index (χ0n) is 10.0. The summed E-state index contributed by atoms with van der Waals surface area (Å²) in [4.78, 5) is 6.32. The first kappa shape index (κ1) is 13.5. The van der Waals surface area contributed by atoms with E-state index in [0.717, 1.165) is 19.4 Å². The van der Waals surface area contributed by atoms with Crippen LogP contribution in [-0.4, -0.2) is 60.1 Å². The van der Waals surface area contributed by atoms with Crippen molar-refractivity contribution in [2.24, 2.45) is 0 Å². The largest absolute Gasteiger partial charge is 0.395 e. The van der Waals surface area contributed by atoms with Crippen molar-refractivity contribution in [2.75, 3.05) is 26.2 Å². The van der Waals surface area contributed by atoms with Gasteiger partial charge in [0.1, 0.15) is 0 Å². The molecule has 1 aromatic rings. The van der Waals surface area contributed by atoms with Crippen LogP contribution < -0.4 is 5.32 Å². The first-order valence-corrected chi connectivity index (χ1v) is 7.41. The number of nitrogens with zero attached hydrogens (tertiary/aromatic N) is 2. The molecule has 102 valence electrons. The van der Waals surface area contributed by atoms with Gasteiger partial charge in [0.05, 0.1) is 19.1 Å². The number of aromatic amines is 1. The van der Waals surface area contributed by atoms with Gasteiger partial charge in [-0.3, -0.25) is 0 Å². The zero-order chi connectivity index (χ0) is 13.0. The second-order valence-corrected chi connectivity index (χ2v) is 6.20. The lowest BCUT2D eigenvalue weighted by molar-refractivity contribution is 0.246. The minimum absolute atomic E-state index is 0.0638. The number of aliphatic hydroxyl groups is 1. The molecule has 3 N–H and O–H groups in total. The fourth-order valence-electron chi connectivity index (χ4n) is 2.10. The molecule has 0 aliphatic carbocycles. The van der Waals surface area contributed by atoms with Gasteiger partial charge < -0.3 is 15.4 Å². The van der Waals surface area contributed by atoms with E-state index >= 15 is 0 Å². The Bertz CT molecular complexity index is 453. The van der Waals surface area contributed by atoms with E-state index in [1.54, 1.807) is 0 Å². The van der Waals surface area contributed by atoms with E-state index in [2.05, 4.69) is 15.3 Å². The number of rotatable bonds is 6. The summed E-state index contributed by atoms with van der Waals surface area (Å²) in [6.07, 6.45) is 4.63. The third-order valence-electron chi connectivity index (χ3n) is 3.03. The van der Waals surface area contributed by atoms with E-state index in [0.29, 0.717) is 6.54 Å². The molecule has 0 saturated carbocycles. The zero-order valence-corrected chi connectivity index (χ0v) is 10.9. The molecule has 0 spiro atoms. The number of hydrogen-bond acceptors (Lipinski definition) is 5. The fourth-order valence-corrected chi connectivity index (χ4v) is 3.47. The molecule has 1 aromatic heterocycles. The van der Waals surface area contributed by atoms with E-state index in [4.69, 9.17) is 5.11 Å². The van der Waals surface area contributed by atoms with E-state index in [1.165, 1.54) is 16.8 Å². The molecule has 7 nitrogen and oxygen atoms in total. The van der Waals surface area contributed by atoms with Gasteiger partial charge in [-0.2, -0.15) is 4.31 Å². The third kappa shape index (κ3) is 2.89. The molecule has 2 rings (SSSR count). The Morgan fingerprint density at radius 3 is 2.94 bits per heavy atom. The van der Waals surface area contributed by atoms with Gasteiger partial charge in [-0.25, -0.2) is 13.4 Å². The van der Waals surface area contributed by atoms with Crippen LogP contribution in [0.3, 0.4) is 0 Å². The highest BCUT2D eigenvalue weighted by atomic mass is 32.2. The van der Waals surface area contributed by atoms with Gasteiger partial charge in [-0.15, -0.1) is 0 Å². The molecule has 1 unspecified atom stereocenters. The van der Waals surface area contributed by atoms with Gasteiger partial charge in [-0.1, -0.05) is 0 Å². The Morgan fingerprint density at radius 1 is 1.56 bits per heavy atom. The van der Waals surface area contributed by atoms with Crippen molar-refractivity contribution in [1.82, 2.24) is 19.6 Å². The molecule has 0 bridgehead atoms. The van der Waals surface area contributed by atoms with Crippen molar-refractivity contribution in [1.29, 1.82) is 0 Å². The summed E-state index contributed by atoms with van der Waals surface area (Å²) in [6, 6.07) is 0.161. The normalized spacial score (nSPS) is 20.7. The molecule has 1 fully saturated rings. The Balaban J connectivity index is 2.13. The van der Waals surface area contributed by atoms with Gasteiger partial charge in [0.15, 0.2) is 5.03 Å². The molecule has 1 aliphatic heterocycles. The first-order valence-electron chi connectivity index (χ1n) is 5.97. The van der Waals surface area contributed by atoms with Crippen LogP contribution in [0.5, 0.6) is 0 Å². The summed E-state index contributed by atoms with van der Waals surface area (Å²) in [7, 11) is -3.59. The molecule has 1 aliphatic rings. The highest BCUT2D eigenvalue weighted by Gasteiger charge is 2.28. The number of aromatic nitrogens is 2. The summed E-state index contributed by atoms with van der Waals surface area (Å²) < 4.78 is 25.9. The maximum absolute atomic E-state index is 12.3. The molecular formula is C10H18N4O3S. The molecule has 8 heteroatoms. The standard InChI is InChI=1S/C10H18N4O3S/c15-5-4-14(7-9-2-1-3-12-9)18(16,17)10-6-11-8-13-10/h6,8-9,12,15H,1-5,7H2,(H,11,13). The monoisotopic (exact) mass is 274 g/mol. The van der Waals surface area contributed by atoms with Crippen LogP contribution in [0.4, 0.5) is 0 Å². The van der Waals surface area contributed by atoms with Crippen LogP contribution in [0.15, 0.2) is 17.6 Å². The topological polar surface area (TPSA) is 98.3 Å². The summed E-state index contributed by atoms with van der Waals surface area (Å²) in [6.45, 7) is 1.20. The van der Waals surface area contributed by atoms with Crippen LogP contribution in [0, 0.1) is 0 Å². The summed E-state index contributed by atoms with van der Waals surface area (Å²) >= 11 is 0. The van der Waals surface area contributed by atoms with E-state index in [9.17, 15) is 8.42 Å². The lowest BCUT2D eigenvalue weighted by Crippen LogP contribution is -2.42. The molecule has 0 amide bonds. The summed E-state index contributed by atoms with van der Waals surface area (Å²) in [5, 5.41) is 12.3. The molecule has 0 aromatic carbocycles. The average molecular weight is 274 g/mol. The Hall–Kier alpha value is -0.960. The number of hydrogen-bond donors (Lipinski definition) is 3. The van der Waals surface area contributed by atoms with Crippen molar-refractivity contribution in [2.45, 2.75) is 23.9 Å². The van der Waals surface area contributed by atoms with Gasteiger partial charge in [-0.05, 0) is 19.4 Å². The predicted molar refractivity (Wildman–Crippen MR) is 65.5 cm³/mol. The Morgan fingerprint density at radius 2 is 2.39 bits per heavy atom. The van der Waals surface area contributed by atoms with E-state index in [-0.39, 0.29) is 24.2 Å². The molecule has 1 atom stereocenters. The second kappa shape index (κ2) is 5.79. The number of imidazole rings is 1. The average Bonchev–Trinajstić information content (AvgIpc) is 3.01. The molecule has 18 heavy (non-hydrogen) atoms. The number of sulfonamides is 1. The molecule has 1 saturated heterocycles. The smallest absolute Gasteiger partial charge is 0.260 e. The number of H-pyrrole nitrogens is 1. The SMILES string of the molecule is O=S(=O)(c1cnc[nH]1)N(CCO)CC1CCCN1. The van der Waals surface area contributed by atoms with Crippen LogP contribution >= 0.6 is 0 Å². The van der Waals surface area contributed by atoms with Crippen LogP contribution in [0.25, 0.3) is 0 Å². The van der Waals surface area contributed by atoms with Crippen molar-refractivity contribution in [3.63, 3.8) is 0 Å². The van der Waals surface area contributed by atoms with Crippen molar-refractivity contribution in [3.8, 4) is 0 Å². The molecule has 0 radical (unpaired) electrons. The number of nitrogens with one attached hydrogen (secondary N) is 2. The Labute approximate surface area is 106 Å². The first-order chi connectivity index (χ1) is 8.64. The van der Waals surface area contributed by atoms with Crippen molar-refractivity contribution < 1.29 is 13.5 Å². The Kier molecular flexibility index (Phi) is 4.33. The maximum Gasteiger partial charge on any atom is 0.260 e. The van der Waals surface area contributed by atoms with Crippen LogP contribution in [0.2, 0.25) is 0 Å².